The summed E-state index contributed by atoms with van der Waals surface area (Å²) in [6, 6.07) is 4.12. The molecule has 0 saturated heterocycles. The molecule has 2 rings (SSSR count). The van der Waals surface area contributed by atoms with Crippen molar-refractivity contribution in [2.45, 2.75) is 5.03 Å². The van der Waals surface area contributed by atoms with Crippen LogP contribution in [0.1, 0.15) is 5.69 Å². The first-order valence-electron chi connectivity index (χ1n) is 7.04. The van der Waals surface area contributed by atoms with Crippen molar-refractivity contribution in [1.82, 2.24) is 26.6 Å². The maximum atomic E-state index is 13.3. The Hall–Kier alpha value is -2.35. The van der Waals surface area contributed by atoms with Crippen LogP contribution in [0.2, 0.25) is 0 Å². The van der Waals surface area contributed by atoms with Crippen molar-refractivity contribution in [2.75, 3.05) is 12.3 Å². The lowest BCUT2D eigenvalue weighted by Gasteiger charge is -2.06. The first-order chi connectivity index (χ1) is 12.5. The number of hydroxylamine groups is 2. The number of amidine groups is 1. The minimum absolute atomic E-state index is 0.0101. The molecule has 0 saturated carbocycles. The smallest absolute Gasteiger partial charge is 0.186 e. The van der Waals surface area contributed by atoms with Gasteiger partial charge < -0.3 is 11.1 Å². The Morgan fingerprint density at radius 1 is 1.42 bits per heavy atom. The zero-order chi connectivity index (χ0) is 18.9. The number of hydrogen-bond donors (Lipinski definition) is 6. The summed E-state index contributed by atoms with van der Waals surface area (Å²) in [5, 5.41) is 28.5. The molecule has 1 heterocycles. The topological polar surface area (TPSA) is 154 Å². The van der Waals surface area contributed by atoms with Crippen molar-refractivity contribution in [3.8, 4) is 0 Å². The van der Waals surface area contributed by atoms with Crippen LogP contribution in [0.3, 0.4) is 0 Å². The minimum Gasteiger partial charge on any atom is -0.384 e. The highest BCUT2D eigenvalue weighted by molar-refractivity contribution is 9.10. The van der Waals surface area contributed by atoms with Gasteiger partial charge in [-0.15, -0.1) is 0 Å². The molecule has 0 unspecified atom stereocenters. The predicted octanol–water partition coefficient (Wildman–Crippen LogP) is 1.45. The van der Waals surface area contributed by atoms with Gasteiger partial charge in [-0.25, -0.2) is 14.0 Å². The first kappa shape index (κ1) is 20.0. The molecule has 26 heavy (non-hydrogen) atoms. The standard InChI is InChI=1S/C13H15BrFN7O3S/c14-8-5-7(1-2-9(8)15)19-12(20-24)11-13(22-25-21-11)26-4-3-17-10(16)6-18-23/h1-2,5-6,17-18,23-24H,3-4,16H2,(H,19,20)/b10-6+. The number of nitrogens with zero attached hydrogens (tertiary/aromatic N) is 3. The fourth-order valence-electron chi connectivity index (χ4n) is 1.70. The minimum atomic E-state index is -0.431. The van der Waals surface area contributed by atoms with E-state index in [2.05, 4.69) is 36.6 Å². The van der Waals surface area contributed by atoms with Crippen LogP contribution in [0.25, 0.3) is 0 Å². The Bertz CT molecular complexity index is 802. The number of aromatic nitrogens is 2. The van der Waals surface area contributed by atoms with Gasteiger partial charge in [0.1, 0.15) is 11.6 Å². The van der Waals surface area contributed by atoms with Crippen LogP contribution < -0.4 is 22.0 Å². The number of rotatable bonds is 8. The van der Waals surface area contributed by atoms with E-state index in [0.29, 0.717) is 23.0 Å². The third-order valence-electron chi connectivity index (χ3n) is 2.82. The zero-order valence-corrected chi connectivity index (χ0v) is 15.5. The van der Waals surface area contributed by atoms with E-state index >= 15 is 0 Å². The SMILES string of the molecule is N/C(=C\NO)NCCSc1nonc1C(=Nc1ccc(F)c(Br)c1)NO. The van der Waals surface area contributed by atoms with E-state index in [-0.39, 0.29) is 21.8 Å². The molecule has 7 N–H and O–H groups in total. The Labute approximate surface area is 159 Å². The van der Waals surface area contributed by atoms with E-state index in [0.717, 1.165) is 0 Å². The van der Waals surface area contributed by atoms with E-state index in [1.54, 1.807) is 0 Å². The predicted molar refractivity (Wildman–Crippen MR) is 95.4 cm³/mol. The molecular weight excluding hydrogens is 433 g/mol. The second-order valence-corrected chi connectivity index (χ2v) is 6.53. The summed E-state index contributed by atoms with van der Waals surface area (Å²) in [5.74, 6) is 0.345. The van der Waals surface area contributed by atoms with Gasteiger partial charge in [0, 0.05) is 12.3 Å². The van der Waals surface area contributed by atoms with E-state index in [1.165, 1.54) is 36.2 Å². The molecule has 0 atom stereocenters. The summed E-state index contributed by atoms with van der Waals surface area (Å²) in [4.78, 5) is 4.17. The molecule has 0 aliphatic rings. The van der Waals surface area contributed by atoms with Crippen molar-refractivity contribution in [2.24, 2.45) is 10.7 Å². The number of hydrogen-bond acceptors (Lipinski definition) is 10. The van der Waals surface area contributed by atoms with E-state index in [1.807, 2.05) is 11.0 Å². The third kappa shape index (κ3) is 5.59. The summed E-state index contributed by atoms with van der Waals surface area (Å²) in [6.07, 6.45) is 1.19. The molecule has 2 aromatic rings. The second kappa shape index (κ2) is 9.96. The Kier molecular flexibility index (Phi) is 7.65. The van der Waals surface area contributed by atoms with E-state index in [9.17, 15) is 9.60 Å². The van der Waals surface area contributed by atoms with E-state index in [4.69, 9.17) is 15.6 Å². The van der Waals surface area contributed by atoms with Crippen LogP contribution in [0.15, 0.2) is 49.3 Å². The summed E-state index contributed by atoms with van der Waals surface area (Å²) >= 11 is 4.34. The Balaban J connectivity index is 2.07. The fraction of sp³-hybridized carbons (Fsp3) is 0.154. The number of halogens is 2. The van der Waals surface area contributed by atoms with Crippen LogP contribution in [-0.4, -0.2) is 38.9 Å². The number of nitrogens with two attached hydrogens (primary N) is 1. The van der Waals surface area contributed by atoms with Gasteiger partial charge in [-0.05, 0) is 44.4 Å². The Morgan fingerprint density at radius 3 is 2.92 bits per heavy atom. The number of nitrogens with one attached hydrogen (secondary N) is 3. The lowest BCUT2D eigenvalue weighted by molar-refractivity contribution is 0.212. The molecule has 0 radical (unpaired) electrons. The van der Waals surface area contributed by atoms with Crippen molar-refractivity contribution in [1.29, 1.82) is 0 Å². The van der Waals surface area contributed by atoms with Crippen molar-refractivity contribution >= 4 is 39.2 Å². The molecule has 0 spiro atoms. The van der Waals surface area contributed by atoms with E-state index < -0.39 is 5.82 Å². The lowest BCUT2D eigenvalue weighted by Crippen LogP contribution is -2.24. The molecule has 1 aromatic heterocycles. The highest BCUT2D eigenvalue weighted by Gasteiger charge is 2.17. The maximum Gasteiger partial charge on any atom is 0.186 e. The van der Waals surface area contributed by atoms with Crippen molar-refractivity contribution < 1.29 is 19.4 Å². The average Bonchev–Trinajstić information content (AvgIpc) is 3.08. The molecular formula is C13H15BrFN7O3S. The molecule has 0 bridgehead atoms. The van der Waals surface area contributed by atoms with Gasteiger partial charge in [-0.3, -0.25) is 21.4 Å². The molecule has 1 aromatic carbocycles. The largest absolute Gasteiger partial charge is 0.384 e. The van der Waals surface area contributed by atoms with Gasteiger partial charge in [0.05, 0.1) is 16.4 Å². The first-order valence-corrected chi connectivity index (χ1v) is 8.81. The summed E-state index contributed by atoms with van der Waals surface area (Å²) in [6.45, 7) is 0.463. The molecule has 13 heteroatoms. The third-order valence-corrected chi connectivity index (χ3v) is 4.38. The molecule has 0 fully saturated rings. The fourth-order valence-corrected chi connectivity index (χ4v) is 2.82. The number of aliphatic imine (C=N–C) groups is 1. The summed E-state index contributed by atoms with van der Waals surface area (Å²) in [7, 11) is 0. The molecule has 10 nitrogen and oxygen atoms in total. The van der Waals surface area contributed by atoms with Gasteiger partial charge in [0.25, 0.3) is 0 Å². The molecule has 140 valence electrons. The monoisotopic (exact) mass is 447 g/mol. The van der Waals surface area contributed by atoms with Crippen LogP contribution in [0, 0.1) is 5.82 Å². The zero-order valence-electron chi connectivity index (χ0n) is 13.1. The van der Waals surface area contributed by atoms with Gasteiger partial charge in [0.15, 0.2) is 16.6 Å². The van der Waals surface area contributed by atoms with Gasteiger partial charge >= 0.3 is 0 Å². The van der Waals surface area contributed by atoms with Crippen molar-refractivity contribution in [3.63, 3.8) is 0 Å². The van der Waals surface area contributed by atoms with Crippen LogP contribution in [0.4, 0.5) is 10.1 Å². The van der Waals surface area contributed by atoms with Crippen LogP contribution >= 0.6 is 27.7 Å². The number of benzene rings is 1. The van der Waals surface area contributed by atoms with Crippen LogP contribution in [0.5, 0.6) is 0 Å². The molecule has 0 amide bonds. The van der Waals surface area contributed by atoms with Crippen LogP contribution in [-0.2, 0) is 0 Å². The maximum absolute atomic E-state index is 13.3. The highest BCUT2D eigenvalue weighted by atomic mass is 79.9. The summed E-state index contributed by atoms with van der Waals surface area (Å²) < 4.78 is 18.2. The molecule has 0 aliphatic heterocycles. The second-order valence-electron chi connectivity index (χ2n) is 4.59. The number of thioether (sulfide) groups is 1. The Morgan fingerprint density at radius 2 is 2.23 bits per heavy atom. The average molecular weight is 448 g/mol. The lowest BCUT2D eigenvalue weighted by atomic mass is 10.3. The van der Waals surface area contributed by atoms with Gasteiger partial charge in [0.2, 0.25) is 0 Å². The van der Waals surface area contributed by atoms with Crippen molar-refractivity contribution in [3.05, 3.63) is 46.2 Å². The van der Waals surface area contributed by atoms with Gasteiger partial charge in [-0.1, -0.05) is 11.8 Å². The quantitative estimate of drug-likeness (QED) is 0.115. The normalized spacial score (nSPS) is 12.2. The van der Waals surface area contributed by atoms with Gasteiger partial charge in [-0.2, -0.15) is 0 Å². The highest BCUT2D eigenvalue weighted by Crippen LogP contribution is 2.24. The summed E-state index contributed by atoms with van der Waals surface area (Å²) in [5.41, 5.74) is 9.85. The molecule has 0 aliphatic carbocycles.